The van der Waals surface area contributed by atoms with Gasteiger partial charge in [-0.2, -0.15) is 0 Å². The lowest BCUT2D eigenvalue weighted by molar-refractivity contribution is -0.384. The maximum Gasteiger partial charge on any atom is 0.288 e. The maximum absolute atomic E-state index is 13.7. The second kappa shape index (κ2) is 10.6. The minimum Gasteiger partial charge on any atom is -0.436 e. The Morgan fingerprint density at radius 2 is 1.88 bits per heavy atom. The summed E-state index contributed by atoms with van der Waals surface area (Å²) in [5.41, 5.74) is 1.91. The molecule has 1 aliphatic heterocycles. The lowest BCUT2D eigenvalue weighted by Gasteiger charge is -2.27. The van der Waals surface area contributed by atoms with Gasteiger partial charge >= 0.3 is 0 Å². The summed E-state index contributed by atoms with van der Waals surface area (Å²) in [5.74, 6) is -1.27. The van der Waals surface area contributed by atoms with Crippen LogP contribution in [0.5, 0.6) is 0 Å². The average molecular weight is 587 g/mol. The summed E-state index contributed by atoms with van der Waals surface area (Å²) in [6.07, 6.45) is -0.238. The number of carbonyl (C=O) groups excluding carboxylic acids is 3. The second-order valence-corrected chi connectivity index (χ2v) is 10.7. The van der Waals surface area contributed by atoms with Crippen molar-refractivity contribution in [2.45, 2.75) is 19.0 Å². The van der Waals surface area contributed by atoms with Gasteiger partial charge in [0.05, 0.1) is 23.6 Å². The van der Waals surface area contributed by atoms with Gasteiger partial charge in [0.2, 0.25) is 11.8 Å². The first-order valence-electron chi connectivity index (χ1n) is 12.4. The Morgan fingerprint density at radius 1 is 1.10 bits per heavy atom. The lowest BCUT2D eigenvalue weighted by Crippen LogP contribution is -2.45. The van der Waals surface area contributed by atoms with Crippen molar-refractivity contribution in [3.63, 3.8) is 0 Å². The molecule has 41 heavy (non-hydrogen) atoms. The van der Waals surface area contributed by atoms with Gasteiger partial charge in [0.15, 0.2) is 5.58 Å². The molecule has 204 valence electrons. The van der Waals surface area contributed by atoms with E-state index >= 15 is 0 Å². The molecule has 0 radical (unpaired) electrons. The molecule has 1 saturated heterocycles. The highest BCUT2D eigenvalue weighted by atomic mass is 35.5. The van der Waals surface area contributed by atoms with Crippen molar-refractivity contribution >= 4 is 63.1 Å². The van der Waals surface area contributed by atoms with Gasteiger partial charge in [0.1, 0.15) is 16.6 Å². The minimum atomic E-state index is -1.11. The number of benzene rings is 3. The van der Waals surface area contributed by atoms with Gasteiger partial charge in [-0.1, -0.05) is 29.8 Å². The molecule has 0 bridgehead atoms. The molecule has 0 aliphatic carbocycles. The number of oxazole rings is 1. The molecule has 12 heteroatoms. The number of halogens is 1. The van der Waals surface area contributed by atoms with Gasteiger partial charge in [-0.15, -0.1) is 11.3 Å². The first-order chi connectivity index (χ1) is 19.8. The molecular formula is C29H19ClN4O6S. The SMILES string of the molecule is O=C1CC(N(Cc2cccs2)C(=O)c2ccc(Cl)c([N+](=O)[O-])c2)C(=O)N1c1ccc(-c2nc3ccccc3o2)cc1. The van der Waals surface area contributed by atoms with E-state index in [0.29, 0.717) is 28.2 Å². The third-order valence-corrected chi connectivity index (χ3v) is 7.90. The van der Waals surface area contributed by atoms with Gasteiger partial charge in [-0.3, -0.25) is 24.5 Å². The Labute approximate surface area is 241 Å². The van der Waals surface area contributed by atoms with Crippen LogP contribution in [-0.4, -0.2) is 38.6 Å². The number of anilines is 1. The summed E-state index contributed by atoms with van der Waals surface area (Å²) in [5, 5.41) is 13.1. The average Bonchev–Trinajstić information content (AvgIpc) is 3.71. The van der Waals surface area contributed by atoms with Crippen LogP contribution in [0.4, 0.5) is 11.4 Å². The van der Waals surface area contributed by atoms with E-state index < -0.39 is 34.4 Å². The number of carbonyl (C=O) groups is 3. The number of hydrogen-bond donors (Lipinski definition) is 0. The van der Waals surface area contributed by atoms with E-state index in [1.807, 2.05) is 35.7 Å². The lowest BCUT2D eigenvalue weighted by atomic mass is 10.1. The van der Waals surface area contributed by atoms with Crippen LogP contribution in [-0.2, 0) is 16.1 Å². The summed E-state index contributed by atoms with van der Waals surface area (Å²) >= 11 is 7.32. The molecule has 5 aromatic rings. The molecule has 3 amide bonds. The number of aromatic nitrogens is 1. The normalized spacial score (nSPS) is 15.0. The first kappa shape index (κ1) is 26.4. The summed E-state index contributed by atoms with van der Waals surface area (Å²) in [6.45, 7) is 0.0428. The zero-order valence-electron chi connectivity index (χ0n) is 21.1. The molecule has 0 spiro atoms. The van der Waals surface area contributed by atoms with Crippen molar-refractivity contribution < 1.29 is 23.7 Å². The maximum atomic E-state index is 13.7. The van der Waals surface area contributed by atoms with Gasteiger partial charge < -0.3 is 9.32 Å². The number of hydrogen-bond acceptors (Lipinski definition) is 8. The molecule has 6 rings (SSSR count). The van der Waals surface area contributed by atoms with Crippen LogP contribution in [0.2, 0.25) is 5.02 Å². The van der Waals surface area contributed by atoms with Gasteiger partial charge in [-0.05, 0) is 60.0 Å². The summed E-state index contributed by atoms with van der Waals surface area (Å²) < 4.78 is 5.81. The molecule has 3 aromatic carbocycles. The molecule has 1 aliphatic rings. The van der Waals surface area contributed by atoms with Crippen LogP contribution < -0.4 is 4.90 Å². The Hall–Kier alpha value is -4.87. The quantitative estimate of drug-likeness (QED) is 0.128. The number of thiophene rings is 1. The standard InChI is InChI=1S/C29H19ClN4O6S/c30-21-12-9-18(14-23(21)34(38)39)28(36)32(16-20-4-3-13-41-20)24-15-26(35)33(29(24)37)19-10-7-17(8-11-19)27-31-22-5-1-2-6-25(22)40-27/h1-14,24H,15-16H2. The topological polar surface area (TPSA) is 127 Å². The molecule has 3 heterocycles. The van der Waals surface area contributed by atoms with Crippen molar-refractivity contribution in [1.82, 2.24) is 9.88 Å². The van der Waals surface area contributed by atoms with E-state index in [0.717, 1.165) is 15.8 Å². The fraction of sp³-hybridized carbons (Fsp3) is 0.103. The van der Waals surface area contributed by atoms with E-state index in [1.165, 1.54) is 28.4 Å². The zero-order valence-corrected chi connectivity index (χ0v) is 22.7. The van der Waals surface area contributed by atoms with Crippen molar-refractivity contribution in [3.05, 3.63) is 110 Å². The number of imide groups is 1. The smallest absolute Gasteiger partial charge is 0.288 e. The number of fused-ring (bicyclic) bond motifs is 1. The van der Waals surface area contributed by atoms with E-state index in [4.69, 9.17) is 16.0 Å². The van der Waals surface area contributed by atoms with Crippen LogP contribution in [0.25, 0.3) is 22.6 Å². The van der Waals surface area contributed by atoms with E-state index in [1.54, 1.807) is 30.3 Å². The van der Waals surface area contributed by atoms with Gasteiger partial charge in [0, 0.05) is 22.1 Å². The Kier molecular flexibility index (Phi) is 6.82. The Balaban J connectivity index is 1.29. The summed E-state index contributed by atoms with van der Waals surface area (Å²) in [4.78, 5) is 58.8. The Morgan fingerprint density at radius 3 is 2.59 bits per heavy atom. The van der Waals surface area contributed by atoms with Crippen molar-refractivity contribution in [3.8, 4) is 11.5 Å². The fourth-order valence-corrected chi connectivity index (χ4v) is 5.61. The van der Waals surface area contributed by atoms with Gasteiger partial charge in [-0.25, -0.2) is 9.88 Å². The third-order valence-electron chi connectivity index (χ3n) is 6.72. The molecule has 1 fully saturated rings. The minimum absolute atomic E-state index is 0.0148. The Bertz CT molecular complexity index is 1790. The molecule has 1 unspecified atom stereocenters. The molecule has 1 atom stereocenters. The third kappa shape index (κ3) is 4.96. The number of nitrogens with zero attached hydrogens (tertiary/aromatic N) is 4. The summed E-state index contributed by atoms with van der Waals surface area (Å²) in [7, 11) is 0. The van der Waals surface area contributed by atoms with Crippen LogP contribution in [0.15, 0.2) is 88.7 Å². The largest absolute Gasteiger partial charge is 0.436 e. The van der Waals surface area contributed by atoms with Crippen LogP contribution in [0.1, 0.15) is 21.7 Å². The number of nitro groups is 1. The van der Waals surface area contributed by atoms with Crippen LogP contribution in [0.3, 0.4) is 0 Å². The number of rotatable bonds is 7. The van der Waals surface area contributed by atoms with Gasteiger partial charge in [0.25, 0.3) is 17.5 Å². The van der Waals surface area contributed by atoms with E-state index in [2.05, 4.69) is 4.98 Å². The zero-order chi connectivity index (χ0) is 28.7. The highest BCUT2D eigenvalue weighted by molar-refractivity contribution is 7.09. The molecule has 0 saturated carbocycles. The van der Waals surface area contributed by atoms with Crippen molar-refractivity contribution in [2.24, 2.45) is 0 Å². The van der Waals surface area contributed by atoms with Crippen LogP contribution in [0, 0.1) is 10.1 Å². The molecular weight excluding hydrogens is 568 g/mol. The highest BCUT2D eigenvalue weighted by Gasteiger charge is 2.45. The van der Waals surface area contributed by atoms with Crippen molar-refractivity contribution in [1.29, 1.82) is 0 Å². The number of para-hydroxylation sites is 2. The highest BCUT2D eigenvalue weighted by Crippen LogP contribution is 2.32. The monoisotopic (exact) mass is 586 g/mol. The second-order valence-electron chi connectivity index (χ2n) is 9.26. The molecule has 2 aromatic heterocycles. The molecule has 0 N–H and O–H groups in total. The van der Waals surface area contributed by atoms with Crippen molar-refractivity contribution in [2.75, 3.05) is 4.90 Å². The van der Waals surface area contributed by atoms with Crippen LogP contribution >= 0.6 is 22.9 Å². The molecule has 10 nitrogen and oxygen atoms in total. The van der Waals surface area contributed by atoms with E-state index in [-0.39, 0.29) is 23.6 Å². The predicted octanol–water partition coefficient (Wildman–Crippen LogP) is 6.09. The summed E-state index contributed by atoms with van der Waals surface area (Å²) in [6, 6.07) is 20.2. The van der Waals surface area contributed by atoms with E-state index in [9.17, 15) is 24.5 Å². The predicted molar refractivity (Wildman–Crippen MR) is 153 cm³/mol. The fourth-order valence-electron chi connectivity index (χ4n) is 4.72. The first-order valence-corrected chi connectivity index (χ1v) is 13.7. The number of amides is 3. The number of nitro benzene ring substituents is 1.